The van der Waals surface area contributed by atoms with E-state index in [1.165, 1.54) is 12.5 Å². The molecule has 1 aliphatic heterocycles. The molecule has 1 amide bonds. The second kappa shape index (κ2) is 14.3. The topological polar surface area (TPSA) is 84.9 Å². The van der Waals surface area contributed by atoms with E-state index in [-0.39, 0.29) is 17.4 Å². The molecule has 4 rings (SSSR count). The molecule has 7 nitrogen and oxygen atoms in total. The largest absolute Gasteiger partial charge is 0.456 e. The number of carbonyl (C=O) groups is 3. The van der Waals surface area contributed by atoms with E-state index in [0.29, 0.717) is 35.5 Å². The Balaban J connectivity index is 1.75. The maximum Gasteiger partial charge on any atom is 0.308 e. The van der Waals surface area contributed by atoms with Crippen molar-refractivity contribution in [2.45, 2.75) is 65.3 Å². The standard InChI is InChI=1S/C36H42N2O5/c1-7-11-25-14-17-28-33(21-25)43-32-20-23(3)13-16-27(32)35(28)29-18-15-26(22-34(29)42-24(4)39)36(41)37-30(31(40)8-2)12-9-10-19-38(5)6/h13-18,20-22,30H,3,7-12,19H2,1-2,4-6H3,(H,37,41). The molecule has 43 heavy (non-hydrogen) atoms. The number of rotatable bonds is 13. The van der Waals surface area contributed by atoms with Crippen LogP contribution in [0.4, 0.5) is 0 Å². The number of hydrogen-bond donors (Lipinski definition) is 1. The summed E-state index contributed by atoms with van der Waals surface area (Å²) >= 11 is 0. The van der Waals surface area contributed by atoms with Crippen molar-refractivity contribution in [2.75, 3.05) is 20.6 Å². The molecule has 0 aliphatic carbocycles. The summed E-state index contributed by atoms with van der Waals surface area (Å²) in [6.45, 7) is 10.3. The maximum atomic E-state index is 13.4. The van der Waals surface area contributed by atoms with Crippen LogP contribution in [-0.4, -0.2) is 49.2 Å². The monoisotopic (exact) mass is 582 g/mol. The van der Waals surface area contributed by atoms with Gasteiger partial charge < -0.3 is 19.7 Å². The van der Waals surface area contributed by atoms with Gasteiger partial charge in [-0.2, -0.15) is 0 Å². The quantitative estimate of drug-likeness (QED) is 0.134. The number of carbonyl (C=O) groups excluding carboxylic acids is 3. The van der Waals surface area contributed by atoms with Gasteiger partial charge in [0.1, 0.15) is 17.2 Å². The fraction of sp³-hybridized carbons (Fsp3) is 0.361. The third-order valence-electron chi connectivity index (χ3n) is 7.55. The highest BCUT2D eigenvalue weighted by molar-refractivity contribution is 5.99. The highest BCUT2D eigenvalue weighted by Gasteiger charge is 2.25. The normalized spacial score (nSPS) is 12.7. The van der Waals surface area contributed by atoms with Crippen molar-refractivity contribution in [3.8, 4) is 17.2 Å². The zero-order valence-electron chi connectivity index (χ0n) is 25.9. The van der Waals surface area contributed by atoms with E-state index in [9.17, 15) is 14.4 Å². The van der Waals surface area contributed by atoms with Gasteiger partial charge in [-0.3, -0.25) is 14.4 Å². The van der Waals surface area contributed by atoms with Gasteiger partial charge in [0.15, 0.2) is 5.78 Å². The van der Waals surface area contributed by atoms with Gasteiger partial charge in [-0.25, -0.2) is 0 Å². The summed E-state index contributed by atoms with van der Waals surface area (Å²) in [5.74, 6) is 0.739. The molecule has 0 bridgehead atoms. The first-order chi connectivity index (χ1) is 20.6. The number of benzene rings is 3. The maximum absolute atomic E-state index is 13.4. The number of unbranched alkanes of at least 4 members (excludes halogenated alkanes) is 1. The Kier molecular flexibility index (Phi) is 10.5. The number of esters is 1. The molecule has 226 valence electrons. The molecule has 1 heterocycles. The number of aryl methyl sites for hydroxylation is 1. The Labute approximate surface area is 254 Å². The number of nitrogens with one attached hydrogen (secondary N) is 1. The number of Topliss-reactive ketones (excluding diaryl/α,β-unsaturated/α-hetero) is 1. The van der Waals surface area contributed by atoms with Crippen LogP contribution in [0, 0.1) is 0 Å². The predicted octanol–water partition coefficient (Wildman–Crippen LogP) is 5.14. The Morgan fingerprint density at radius 1 is 0.953 bits per heavy atom. The van der Waals surface area contributed by atoms with Crippen molar-refractivity contribution < 1.29 is 23.9 Å². The van der Waals surface area contributed by atoms with Crippen molar-refractivity contribution >= 4 is 29.8 Å². The number of fused-ring (bicyclic) bond motifs is 2. The lowest BCUT2D eigenvalue weighted by Crippen LogP contribution is -2.40. The van der Waals surface area contributed by atoms with Crippen molar-refractivity contribution in [1.82, 2.24) is 10.2 Å². The number of ketones is 1. The van der Waals surface area contributed by atoms with Crippen LogP contribution >= 0.6 is 0 Å². The Morgan fingerprint density at radius 3 is 2.42 bits per heavy atom. The highest BCUT2D eigenvalue weighted by atomic mass is 16.5. The third-order valence-corrected chi connectivity index (χ3v) is 7.55. The van der Waals surface area contributed by atoms with Gasteiger partial charge >= 0.3 is 5.97 Å². The first-order valence-electron chi connectivity index (χ1n) is 15.1. The van der Waals surface area contributed by atoms with Crippen LogP contribution in [0.3, 0.4) is 0 Å². The van der Waals surface area contributed by atoms with Gasteiger partial charge in [0.25, 0.3) is 5.91 Å². The van der Waals surface area contributed by atoms with Gasteiger partial charge in [-0.05, 0) is 87.4 Å². The average molecular weight is 583 g/mol. The van der Waals surface area contributed by atoms with Crippen LogP contribution in [0.15, 0.2) is 54.6 Å². The van der Waals surface area contributed by atoms with Crippen LogP contribution in [0.5, 0.6) is 17.2 Å². The zero-order valence-corrected chi connectivity index (χ0v) is 25.9. The lowest BCUT2D eigenvalue weighted by molar-refractivity contribution is -0.131. The van der Waals surface area contributed by atoms with Gasteiger partial charge in [-0.1, -0.05) is 51.1 Å². The van der Waals surface area contributed by atoms with E-state index >= 15 is 0 Å². The molecule has 1 aliphatic rings. The van der Waals surface area contributed by atoms with Crippen molar-refractivity contribution in [1.29, 1.82) is 0 Å². The summed E-state index contributed by atoms with van der Waals surface area (Å²) in [4.78, 5) is 40.5. The van der Waals surface area contributed by atoms with E-state index < -0.39 is 12.0 Å². The van der Waals surface area contributed by atoms with E-state index in [0.717, 1.165) is 53.8 Å². The number of nitrogens with zero attached hydrogens (tertiary/aromatic N) is 1. The molecule has 1 atom stereocenters. The molecule has 1 unspecified atom stereocenters. The average Bonchev–Trinajstić information content (AvgIpc) is 2.96. The molecular weight excluding hydrogens is 540 g/mol. The molecule has 1 N–H and O–H groups in total. The summed E-state index contributed by atoms with van der Waals surface area (Å²) in [6, 6.07) is 16.4. The minimum absolute atomic E-state index is 0.00627. The number of amides is 1. The summed E-state index contributed by atoms with van der Waals surface area (Å²) in [7, 11) is 4.02. The molecule has 0 spiro atoms. The fourth-order valence-electron chi connectivity index (χ4n) is 5.40. The van der Waals surface area contributed by atoms with Crippen LogP contribution in [-0.2, 0) is 16.0 Å². The van der Waals surface area contributed by atoms with Crippen LogP contribution < -0.4 is 25.2 Å². The minimum atomic E-state index is -0.575. The summed E-state index contributed by atoms with van der Waals surface area (Å²) in [5, 5.41) is 4.58. The third kappa shape index (κ3) is 7.79. The second-order valence-electron chi connectivity index (χ2n) is 11.3. The highest BCUT2D eigenvalue weighted by Crippen LogP contribution is 2.40. The van der Waals surface area contributed by atoms with Gasteiger partial charge in [-0.15, -0.1) is 0 Å². The first kappa shape index (κ1) is 31.7. The molecule has 3 aromatic rings. The van der Waals surface area contributed by atoms with E-state index in [1.54, 1.807) is 25.1 Å². The Morgan fingerprint density at radius 2 is 1.72 bits per heavy atom. The van der Waals surface area contributed by atoms with Crippen molar-refractivity contribution in [3.63, 3.8) is 0 Å². The van der Waals surface area contributed by atoms with Crippen molar-refractivity contribution in [2.24, 2.45) is 0 Å². The van der Waals surface area contributed by atoms with Crippen LogP contribution in [0.2, 0.25) is 0 Å². The van der Waals surface area contributed by atoms with Gasteiger partial charge in [0.2, 0.25) is 0 Å². The Bertz CT molecular complexity index is 1630. The second-order valence-corrected chi connectivity index (χ2v) is 11.3. The molecule has 3 aromatic carbocycles. The van der Waals surface area contributed by atoms with Gasteiger partial charge in [0, 0.05) is 40.8 Å². The molecule has 0 aromatic heterocycles. The molecule has 0 fully saturated rings. The first-order valence-corrected chi connectivity index (χ1v) is 15.1. The smallest absolute Gasteiger partial charge is 0.308 e. The molecule has 0 saturated heterocycles. The zero-order chi connectivity index (χ0) is 31.1. The van der Waals surface area contributed by atoms with Crippen LogP contribution in [0.1, 0.15) is 79.9 Å². The number of hydrogen-bond acceptors (Lipinski definition) is 6. The molecule has 7 heteroatoms. The fourth-order valence-corrected chi connectivity index (χ4v) is 5.40. The lowest BCUT2D eigenvalue weighted by atomic mass is 9.90. The van der Waals surface area contributed by atoms with E-state index in [4.69, 9.17) is 9.47 Å². The molecular formula is C36H42N2O5. The van der Waals surface area contributed by atoms with Gasteiger partial charge in [0.05, 0.1) is 6.04 Å². The SMILES string of the molecule is C=c1ccc2c(c1)Oc1cc(CCC)ccc1C=2c1ccc(C(=O)NC(CCCCN(C)C)C(=O)CC)cc1OC(C)=O. The predicted molar refractivity (Wildman–Crippen MR) is 170 cm³/mol. The lowest BCUT2D eigenvalue weighted by Gasteiger charge is -2.23. The van der Waals surface area contributed by atoms with Crippen LogP contribution in [0.25, 0.3) is 12.2 Å². The van der Waals surface area contributed by atoms with E-state index in [1.807, 2.05) is 44.4 Å². The summed E-state index contributed by atoms with van der Waals surface area (Å²) < 4.78 is 12.1. The van der Waals surface area contributed by atoms with E-state index in [2.05, 4.69) is 29.8 Å². The molecule has 0 saturated carbocycles. The Hall–Kier alpha value is -4.23. The van der Waals surface area contributed by atoms with Crippen molar-refractivity contribution in [3.05, 3.63) is 87.3 Å². The molecule has 0 radical (unpaired) electrons. The summed E-state index contributed by atoms with van der Waals surface area (Å²) in [5.41, 5.74) is 3.83. The number of ether oxygens (including phenoxy) is 2. The minimum Gasteiger partial charge on any atom is -0.456 e. The summed E-state index contributed by atoms with van der Waals surface area (Å²) in [6.07, 6.45) is 4.60.